The summed E-state index contributed by atoms with van der Waals surface area (Å²) in [4.78, 5) is 0. The predicted octanol–water partition coefficient (Wildman–Crippen LogP) is 4.43. The number of hydrogen-bond donors (Lipinski definition) is 1. The summed E-state index contributed by atoms with van der Waals surface area (Å²) in [5.41, 5.74) is 4.61. The van der Waals surface area contributed by atoms with Crippen LogP contribution in [0.15, 0.2) is 84.0 Å². The number of aryl methyl sites for hydroxylation is 1. The Bertz CT molecular complexity index is 1100. The topological polar surface area (TPSA) is 64.9 Å². The van der Waals surface area contributed by atoms with E-state index in [1.165, 1.54) is 16.7 Å². The van der Waals surface area contributed by atoms with E-state index in [9.17, 15) is 0 Å². The number of thioether (sulfide) groups is 1. The third-order valence-corrected chi connectivity index (χ3v) is 5.76. The van der Waals surface area contributed by atoms with Crippen molar-refractivity contribution in [3.8, 4) is 11.4 Å². The smallest absolute Gasteiger partial charge is 0.214 e. The van der Waals surface area contributed by atoms with Crippen LogP contribution < -0.4 is 10.1 Å². The molecule has 0 fully saturated rings. The van der Waals surface area contributed by atoms with Gasteiger partial charge in [0.05, 0.1) is 5.69 Å². The molecule has 0 amide bonds. The van der Waals surface area contributed by atoms with E-state index in [1.54, 1.807) is 16.4 Å². The normalized spacial score (nSPS) is 10.9. The van der Waals surface area contributed by atoms with Gasteiger partial charge in [0.1, 0.15) is 12.4 Å². The summed E-state index contributed by atoms with van der Waals surface area (Å²) in [5, 5.41) is 16.3. The van der Waals surface area contributed by atoms with E-state index in [4.69, 9.17) is 4.74 Å². The van der Waals surface area contributed by atoms with Gasteiger partial charge in [0.25, 0.3) is 0 Å². The minimum Gasteiger partial charge on any atom is -0.489 e. The fourth-order valence-electron chi connectivity index (χ4n) is 3.13. The van der Waals surface area contributed by atoms with Crippen molar-refractivity contribution < 1.29 is 4.74 Å². The van der Waals surface area contributed by atoms with Crippen molar-refractivity contribution in [2.75, 3.05) is 12.3 Å². The van der Waals surface area contributed by atoms with Crippen molar-refractivity contribution in [1.82, 2.24) is 25.5 Å². The molecule has 3 aromatic carbocycles. The van der Waals surface area contributed by atoms with Gasteiger partial charge in [-0.05, 0) is 58.3 Å². The standard InChI is InChI=1S/C24H25N5OS/c1-19-8-5-6-10-21(19)18-30-23-13-7-9-20(16-23)17-25-14-15-31-24-26-27-28-29(24)22-11-3-2-4-12-22/h2-13,16,25H,14-15,17-18H2,1H3. The molecule has 0 bridgehead atoms. The maximum atomic E-state index is 5.99. The number of aromatic nitrogens is 4. The number of hydrogen-bond acceptors (Lipinski definition) is 6. The molecule has 0 radical (unpaired) electrons. The molecular formula is C24H25N5OS. The molecule has 1 heterocycles. The summed E-state index contributed by atoms with van der Waals surface area (Å²) in [5.74, 6) is 1.76. The summed E-state index contributed by atoms with van der Waals surface area (Å²) in [6.07, 6.45) is 0. The molecule has 4 aromatic rings. The van der Waals surface area contributed by atoms with Gasteiger partial charge < -0.3 is 10.1 Å². The molecule has 1 aromatic heterocycles. The number of nitrogens with one attached hydrogen (secondary N) is 1. The Morgan fingerprint density at radius 3 is 2.68 bits per heavy atom. The van der Waals surface area contributed by atoms with Gasteiger partial charge in [0, 0.05) is 18.8 Å². The fourth-order valence-corrected chi connectivity index (χ4v) is 3.91. The second-order valence-electron chi connectivity index (χ2n) is 7.10. The number of ether oxygens (including phenoxy) is 1. The number of benzene rings is 3. The van der Waals surface area contributed by atoms with Gasteiger partial charge in [0.15, 0.2) is 0 Å². The average Bonchev–Trinajstić information content (AvgIpc) is 3.28. The third kappa shape index (κ3) is 5.93. The van der Waals surface area contributed by atoms with Gasteiger partial charge in [-0.1, -0.05) is 66.4 Å². The van der Waals surface area contributed by atoms with Crippen molar-refractivity contribution in [3.63, 3.8) is 0 Å². The molecule has 6 nitrogen and oxygen atoms in total. The molecule has 0 aliphatic carbocycles. The van der Waals surface area contributed by atoms with Crippen LogP contribution in [0.1, 0.15) is 16.7 Å². The van der Waals surface area contributed by atoms with Crippen molar-refractivity contribution in [3.05, 3.63) is 95.6 Å². The van der Waals surface area contributed by atoms with E-state index in [0.29, 0.717) is 6.61 Å². The van der Waals surface area contributed by atoms with Gasteiger partial charge in [-0.15, -0.1) is 5.10 Å². The number of rotatable bonds is 10. The predicted molar refractivity (Wildman–Crippen MR) is 124 cm³/mol. The molecule has 7 heteroatoms. The monoisotopic (exact) mass is 431 g/mol. The van der Waals surface area contributed by atoms with Crippen LogP contribution in [0.3, 0.4) is 0 Å². The van der Waals surface area contributed by atoms with Crippen LogP contribution in [0.4, 0.5) is 0 Å². The molecule has 31 heavy (non-hydrogen) atoms. The lowest BCUT2D eigenvalue weighted by atomic mass is 10.1. The Kier molecular flexibility index (Phi) is 7.31. The highest BCUT2D eigenvalue weighted by Gasteiger charge is 2.08. The van der Waals surface area contributed by atoms with Crippen LogP contribution in [0.25, 0.3) is 5.69 Å². The van der Waals surface area contributed by atoms with Crippen molar-refractivity contribution in [1.29, 1.82) is 0 Å². The van der Waals surface area contributed by atoms with Crippen molar-refractivity contribution >= 4 is 11.8 Å². The maximum absolute atomic E-state index is 5.99. The summed E-state index contributed by atoms with van der Waals surface area (Å²) in [6, 6.07) is 26.5. The third-order valence-electron chi connectivity index (χ3n) is 4.83. The van der Waals surface area contributed by atoms with E-state index in [2.05, 4.69) is 52.0 Å². The van der Waals surface area contributed by atoms with Gasteiger partial charge in [-0.3, -0.25) is 0 Å². The zero-order valence-corrected chi connectivity index (χ0v) is 18.3. The molecule has 0 unspecified atom stereocenters. The molecule has 1 N–H and O–H groups in total. The van der Waals surface area contributed by atoms with Crippen molar-refractivity contribution in [2.24, 2.45) is 0 Å². The largest absolute Gasteiger partial charge is 0.489 e. The Labute approximate surface area is 186 Å². The maximum Gasteiger partial charge on any atom is 0.214 e. The highest BCUT2D eigenvalue weighted by atomic mass is 32.2. The highest BCUT2D eigenvalue weighted by molar-refractivity contribution is 7.99. The number of nitrogens with zero attached hydrogens (tertiary/aromatic N) is 4. The van der Waals surface area contributed by atoms with Gasteiger partial charge >= 0.3 is 0 Å². The molecular weight excluding hydrogens is 406 g/mol. The minimum atomic E-state index is 0.580. The number of para-hydroxylation sites is 1. The second-order valence-corrected chi connectivity index (χ2v) is 8.16. The lowest BCUT2D eigenvalue weighted by Crippen LogP contribution is -2.16. The first-order chi connectivity index (χ1) is 15.3. The van der Waals surface area contributed by atoms with Crippen LogP contribution in [0.5, 0.6) is 5.75 Å². The minimum absolute atomic E-state index is 0.580. The first-order valence-corrected chi connectivity index (χ1v) is 11.2. The van der Waals surface area contributed by atoms with E-state index in [-0.39, 0.29) is 0 Å². The molecule has 0 aliphatic rings. The lowest BCUT2D eigenvalue weighted by Gasteiger charge is -2.10. The van der Waals surface area contributed by atoms with Crippen LogP contribution in [0.2, 0.25) is 0 Å². The average molecular weight is 432 g/mol. The highest BCUT2D eigenvalue weighted by Crippen LogP contribution is 2.18. The molecule has 0 spiro atoms. The van der Waals surface area contributed by atoms with E-state index in [1.807, 2.05) is 54.6 Å². The Morgan fingerprint density at radius 1 is 0.968 bits per heavy atom. The number of tetrazole rings is 1. The Balaban J connectivity index is 1.22. The summed E-state index contributed by atoms with van der Waals surface area (Å²) in [7, 11) is 0. The van der Waals surface area contributed by atoms with Crippen molar-refractivity contribution in [2.45, 2.75) is 25.2 Å². The van der Waals surface area contributed by atoms with Crippen LogP contribution in [-0.4, -0.2) is 32.5 Å². The first kappa shape index (κ1) is 21.1. The molecule has 0 aliphatic heterocycles. The molecule has 0 atom stereocenters. The van der Waals surface area contributed by atoms with Crippen LogP contribution in [-0.2, 0) is 13.2 Å². The van der Waals surface area contributed by atoms with Gasteiger partial charge in [-0.25, -0.2) is 0 Å². The quantitative estimate of drug-likeness (QED) is 0.296. The second kappa shape index (κ2) is 10.7. The fraction of sp³-hybridized carbons (Fsp3) is 0.208. The van der Waals surface area contributed by atoms with E-state index in [0.717, 1.165) is 35.4 Å². The Morgan fingerprint density at radius 2 is 1.81 bits per heavy atom. The Hall–Kier alpha value is -3.16. The van der Waals surface area contributed by atoms with E-state index >= 15 is 0 Å². The summed E-state index contributed by atoms with van der Waals surface area (Å²) in [6.45, 7) is 4.32. The van der Waals surface area contributed by atoms with Gasteiger partial charge in [0.2, 0.25) is 5.16 Å². The SMILES string of the molecule is Cc1ccccc1COc1cccc(CNCCSc2nnnn2-c2ccccc2)c1. The molecule has 158 valence electrons. The zero-order valence-electron chi connectivity index (χ0n) is 17.4. The zero-order chi connectivity index (χ0) is 21.3. The van der Waals surface area contributed by atoms with Crippen LogP contribution >= 0.6 is 11.8 Å². The van der Waals surface area contributed by atoms with Gasteiger partial charge in [-0.2, -0.15) is 4.68 Å². The first-order valence-electron chi connectivity index (χ1n) is 10.2. The molecule has 4 rings (SSSR count). The van der Waals surface area contributed by atoms with Crippen LogP contribution in [0, 0.1) is 6.92 Å². The molecule has 0 saturated carbocycles. The lowest BCUT2D eigenvalue weighted by molar-refractivity contribution is 0.305. The van der Waals surface area contributed by atoms with E-state index < -0.39 is 0 Å². The molecule has 0 saturated heterocycles. The summed E-state index contributed by atoms with van der Waals surface area (Å²) < 4.78 is 7.75. The summed E-state index contributed by atoms with van der Waals surface area (Å²) >= 11 is 1.63.